The first-order valence-corrected chi connectivity index (χ1v) is 5.71. The highest BCUT2D eigenvalue weighted by molar-refractivity contribution is 5.27. The van der Waals surface area contributed by atoms with E-state index in [4.69, 9.17) is 10.00 Å². The maximum Gasteiger partial charge on any atom is 0.416 e. The average molecular weight is 272 g/mol. The molecule has 6 heteroatoms. The standard InChI is InChI=1S/C13H15F3N2O/c1-9(7-17)18-8-12(19-2)10-4-3-5-11(6-10)13(14,15)16/h3-6,9,12,18H,8H2,1-2H3. The van der Waals surface area contributed by atoms with Gasteiger partial charge in [-0.05, 0) is 24.6 Å². The van der Waals surface area contributed by atoms with Crippen LogP contribution in [-0.2, 0) is 10.9 Å². The smallest absolute Gasteiger partial charge is 0.375 e. The summed E-state index contributed by atoms with van der Waals surface area (Å²) in [7, 11) is 1.42. The molecule has 0 aromatic heterocycles. The van der Waals surface area contributed by atoms with E-state index in [9.17, 15) is 13.2 Å². The summed E-state index contributed by atoms with van der Waals surface area (Å²) in [5, 5.41) is 11.5. The van der Waals surface area contributed by atoms with Gasteiger partial charge in [0.2, 0.25) is 0 Å². The zero-order valence-electron chi connectivity index (χ0n) is 10.7. The minimum atomic E-state index is -4.37. The average Bonchev–Trinajstić information content (AvgIpc) is 2.38. The number of methoxy groups -OCH3 is 1. The fraction of sp³-hybridized carbons (Fsp3) is 0.462. The molecule has 1 rings (SSSR count). The summed E-state index contributed by atoms with van der Waals surface area (Å²) in [6, 6.07) is 6.59. The van der Waals surface area contributed by atoms with Gasteiger partial charge >= 0.3 is 6.18 Å². The van der Waals surface area contributed by atoms with Crippen LogP contribution in [0.3, 0.4) is 0 Å². The molecule has 19 heavy (non-hydrogen) atoms. The third-order valence-corrected chi connectivity index (χ3v) is 2.67. The van der Waals surface area contributed by atoms with E-state index < -0.39 is 17.8 Å². The van der Waals surface area contributed by atoms with Crippen molar-refractivity contribution in [2.45, 2.75) is 25.2 Å². The second kappa shape index (κ2) is 6.55. The van der Waals surface area contributed by atoms with Gasteiger partial charge in [-0.2, -0.15) is 18.4 Å². The number of nitrogens with zero attached hydrogens (tertiary/aromatic N) is 1. The third kappa shape index (κ3) is 4.54. The minimum Gasteiger partial charge on any atom is -0.375 e. The number of rotatable bonds is 5. The maximum absolute atomic E-state index is 12.6. The van der Waals surface area contributed by atoms with Crippen LogP contribution in [0.4, 0.5) is 13.2 Å². The Labute approximate surface area is 110 Å². The highest BCUT2D eigenvalue weighted by Gasteiger charge is 2.31. The number of hydrogen-bond acceptors (Lipinski definition) is 3. The Bertz CT molecular complexity index is 454. The van der Waals surface area contributed by atoms with E-state index in [1.165, 1.54) is 13.2 Å². The fourth-order valence-electron chi connectivity index (χ4n) is 1.58. The molecule has 0 radical (unpaired) electrons. The fourth-order valence-corrected chi connectivity index (χ4v) is 1.58. The van der Waals surface area contributed by atoms with Crippen molar-refractivity contribution in [3.63, 3.8) is 0 Å². The van der Waals surface area contributed by atoms with Crippen molar-refractivity contribution in [1.29, 1.82) is 5.26 Å². The summed E-state index contributed by atoms with van der Waals surface area (Å²) in [5.41, 5.74) is -0.282. The minimum absolute atomic E-state index is 0.270. The van der Waals surface area contributed by atoms with Crippen LogP contribution in [-0.4, -0.2) is 19.7 Å². The molecule has 0 aliphatic heterocycles. The van der Waals surface area contributed by atoms with Crippen molar-refractivity contribution in [2.24, 2.45) is 0 Å². The Balaban J connectivity index is 2.85. The highest BCUT2D eigenvalue weighted by Crippen LogP contribution is 2.31. The Morgan fingerprint density at radius 2 is 2.11 bits per heavy atom. The predicted octanol–water partition coefficient (Wildman–Crippen LogP) is 2.89. The molecular formula is C13H15F3N2O. The normalized spacial score (nSPS) is 14.7. The molecule has 0 aliphatic carbocycles. The van der Waals surface area contributed by atoms with Crippen molar-refractivity contribution >= 4 is 0 Å². The first-order valence-electron chi connectivity index (χ1n) is 5.71. The lowest BCUT2D eigenvalue weighted by Gasteiger charge is -2.18. The molecule has 0 saturated heterocycles. The summed E-state index contributed by atoms with van der Waals surface area (Å²) in [5.74, 6) is 0. The molecule has 1 N–H and O–H groups in total. The molecule has 0 fully saturated rings. The first kappa shape index (κ1) is 15.5. The molecule has 0 aliphatic rings. The number of nitrogens with one attached hydrogen (secondary N) is 1. The number of nitriles is 1. The van der Waals surface area contributed by atoms with Crippen LogP contribution in [0.1, 0.15) is 24.2 Å². The van der Waals surface area contributed by atoms with E-state index in [-0.39, 0.29) is 12.6 Å². The molecular weight excluding hydrogens is 257 g/mol. The quantitative estimate of drug-likeness (QED) is 0.896. The lowest BCUT2D eigenvalue weighted by molar-refractivity contribution is -0.137. The van der Waals surface area contributed by atoms with Gasteiger partial charge in [-0.3, -0.25) is 5.32 Å². The summed E-state index contributed by atoms with van der Waals surface area (Å²) in [6.07, 6.45) is -4.90. The van der Waals surface area contributed by atoms with Crippen molar-refractivity contribution in [3.05, 3.63) is 35.4 Å². The van der Waals surface area contributed by atoms with Crippen molar-refractivity contribution in [2.75, 3.05) is 13.7 Å². The molecule has 3 nitrogen and oxygen atoms in total. The molecule has 0 heterocycles. The summed E-state index contributed by atoms with van der Waals surface area (Å²) < 4.78 is 43.0. The Morgan fingerprint density at radius 1 is 1.42 bits per heavy atom. The lowest BCUT2D eigenvalue weighted by Crippen LogP contribution is -2.30. The molecule has 0 spiro atoms. The van der Waals surface area contributed by atoms with Gasteiger partial charge in [-0.25, -0.2) is 0 Å². The van der Waals surface area contributed by atoms with Crippen LogP contribution in [0, 0.1) is 11.3 Å². The number of ether oxygens (including phenoxy) is 1. The first-order chi connectivity index (χ1) is 8.88. The monoisotopic (exact) mass is 272 g/mol. The highest BCUT2D eigenvalue weighted by atomic mass is 19.4. The van der Waals surface area contributed by atoms with Gasteiger partial charge in [-0.15, -0.1) is 0 Å². The second-order valence-electron chi connectivity index (χ2n) is 4.11. The van der Waals surface area contributed by atoms with E-state index in [2.05, 4.69) is 5.32 Å². The summed E-state index contributed by atoms with van der Waals surface area (Å²) in [6.45, 7) is 1.94. The zero-order valence-corrected chi connectivity index (χ0v) is 10.7. The van der Waals surface area contributed by atoms with Gasteiger partial charge in [0.1, 0.15) is 0 Å². The molecule has 0 bridgehead atoms. The summed E-state index contributed by atoms with van der Waals surface area (Å²) >= 11 is 0. The van der Waals surface area contributed by atoms with Crippen molar-refractivity contribution in [3.8, 4) is 6.07 Å². The Morgan fingerprint density at radius 3 is 2.63 bits per heavy atom. The van der Waals surface area contributed by atoms with Crippen molar-refractivity contribution in [1.82, 2.24) is 5.32 Å². The SMILES string of the molecule is COC(CNC(C)C#N)c1cccc(C(F)(F)F)c1. The molecule has 2 atom stereocenters. The van der Waals surface area contributed by atoms with E-state index in [0.29, 0.717) is 5.56 Å². The topological polar surface area (TPSA) is 45.0 Å². The van der Waals surface area contributed by atoms with Crippen LogP contribution in [0.25, 0.3) is 0 Å². The van der Waals surface area contributed by atoms with Crippen LogP contribution < -0.4 is 5.32 Å². The number of halogens is 3. The molecule has 2 unspecified atom stereocenters. The van der Waals surface area contributed by atoms with Crippen LogP contribution in [0.5, 0.6) is 0 Å². The lowest BCUT2D eigenvalue weighted by atomic mass is 10.1. The number of hydrogen-bond donors (Lipinski definition) is 1. The number of benzene rings is 1. The van der Waals surface area contributed by atoms with Gasteiger partial charge < -0.3 is 4.74 Å². The maximum atomic E-state index is 12.6. The van der Waals surface area contributed by atoms with Crippen LogP contribution >= 0.6 is 0 Å². The Hall–Kier alpha value is -1.58. The zero-order chi connectivity index (χ0) is 14.5. The van der Waals surface area contributed by atoms with Gasteiger partial charge in [0.05, 0.1) is 23.8 Å². The van der Waals surface area contributed by atoms with Gasteiger partial charge in [0, 0.05) is 13.7 Å². The third-order valence-electron chi connectivity index (χ3n) is 2.67. The van der Waals surface area contributed by atoms with E-state index >= 15 is 0 Å². The van der Waals surface area contributed by atoms with E-state index in [0.717, 1.165) is 12.1 Å². The molecule has 0 saturated carbocycles. The largest absolute Gasteiger partial charge is 0.416 e. The second-order valence-corrected chi connectivity index (χ2v) is 4.11. The molecule has 104 valence electrons. The number of alkyl halides is 3. The van der Waals surface area contributed by atoms with E-state index in [1.807, 2.05) is 6.07 Å². The van der Waals surface area contributed by atoms with Gasteiger partial charge in [0.25, 0.3) is 0 Å². The Kier molecular flexibility index (Phi) is 5.33. The van der Waals surface area contributed by atoms with Crippen LogP contribution in [0.2, 0.25) is 0 Å². The van der Waals surface area contributed by atoms with Crippen molar-refractivity contribution < 1.29 is 17.9 Å². The van der Waals surface area contributed by atoms with Crippen LogP contribution in [0.15, 0.2) is 24.3 Å². The molecule has 1 aromatic rings. The van der Waals surface area contributed by atoms with E-state index in [1.54, 1.807) is 13.0 Å². The molecule has 0 amide bonds. The molecule has 1 aromatic carbocycles. The van der Waals surface area contributed by atoms with Gasteiger partial charge in [0.15, 0.2) is 0 Å². The summed E-state index contributed by atoms with van der Waals surface area (Å²) in [4.78, 5) is 0. The predicted molar refractivity (Wildman–Crippen MR) is 64.3 cm³/mol. The van der Waals surface area contributed by atoms with Gasteiger partial charge in [-0.1, -0.05) is 12.1 Å².